The van der Waals surface area contributed by atoms with Gasteiger partial charge in [0.2, 0.25) is 0 Å². The van der Waals surface area contributed by atoms with Gasteiger partial charge in [-0.1, -0.05) is 0 Å². The molecule has 2 amide bonds. The van der Waals surface area contributed by atoms with Crippen molar-refractivity contribution in [2.24, 2.45) is 0 Å². The first-order valence-corrected chi connectivity index (χ1v) is 7.23. The maximum atomic E-state index is 11.9. The number of aromatic nitrogens is 1. The molecule has 2 aromatic heterocycles. The number of furan rings is 1. The molecule has 1 atom stereocenters. The van der Waals surface area contributed by atoms with Crippen molar-refractivity contribution >= 4 is 11.8 Å². The predicted octanol–water partition coefficient (Wildman–Crippen LogP) is 2.17. The molecule has 0 aromatic carbocycles. The first kappa shape index (κ1) is 15.9. The third-order valence-corrected chi connectivity index (χ3v) is 3.19. The average Bonchev–Trinajstić information content (AvgIpc) is 2.98. The summed E-state index contributed by atoms with van der Waals surface area (Å²) in [5, 5.41) is 5.74. The predicted molar refractivity (Wildman–Crippen MR) is 85.8 cm³/mol. The lowest BCUT2D eigenvalue weighted by atomic mass is 10.2. The summed E-state index contributed by atoms with van der Waals surface area (Å²) in [7, 11) is 3.87. The summed E-state index contributed by atoms with van der Waals surface area (Å²) in [6.07, 6.45) is 4.04. The van der Waals surface area contributed by atoms with Crippen LogP contribution in [0.4, 0.5) is 10.6 Å². The molecule has 0 spiro atoms. The summed E-state index contributed by atoms with van der Waals surface area (Å²) >= 11 is 0. The maximum absolute atomic E-state index is 11.9. The summed E-state index contributed by atoms with van der Waals surface area (Å²) < 4.78 is 5.27. The molecule has 2 rings (SSSR count). The number of hydrogen-bond donors (Lipinski definition) is 2. The average molecular weight is 302 g/mol. The standard InChI is InChI=1S/C16H22N4O2/c1-12(9-14-5-4-8-22-14)19-16(21)18-11-13-6-7-17-15(10-13)20(2)3/h4-8,10,12H,9,11H2,1-3H3,(H2,18,19,21)/t12-/m1/s1. The highest BCUT2D eigenvalue weighted by Gasteiger charge is 2.09. The van der Waals surface area contributed by atoms with Crippen molar-refractivity contribution in [2.75, 3.05) is 19.0 Å². The lowest BCUT2D eigenvalue weighted by Crippen LogP contribution is -2.41. The number of carbonyl (C=O) groups excluding carboxylic acids is 1. The fourth-order valence-corrected chi connectivity index (χ4v) is 2.05. The second-order valence-electron chi connectivity index (χ2n) is 5.43. The fraction of sp³-hybridized carbons (Fsp3) is 0.375. The van der Waals surface area contributed by atoms with E-state index in [2.05, 4.69) is 15.6 Å². The van der Waals surface area contributed by atoms with Gasteiger partial charge < -0.3 is 20.0 Å². The van der Waals surface area contributed by atoms with E-state index in [1.807, 2.05) is 50.2 Å². The Morgan fingerprint density at radius 2 is 2.23 bits per heavy atom. The molecule has 2 aromatic rings. The molecule has 118 valence electrons. The summed E-state index contributed by atoms with van der Waals surface area (Å²) in [5.41, 5.74) is 1.01. The van der Waals surface area contributed by atoms with Gasteiger partial charge in [0, 0.05) is 39.3 Å². The van der Waals surface area contributed by atoms with Crippen molar-refractivity contribution in [1.29, 1.82) is 0 Å². The zero-order valence-electron chi connectivity index (χ0n) is 13.2. The molecule has 2 N–H and O–H groups in total. The zero-order chi connectivity index (χ0) is 15.9. The fourth-order valence-electron chi connectivity index (χ4n) is 2.05. The van der Waals surface area contributed by atoms with Crippen molar-refractivity contribution in [3.8, 4) is 0 Å². The smallest absolute Gasteiger partial charge is 0.315 e. The topological polar surface area (TPSA) is 70.4 Å². The Labute approximate surface area is 130 Å². The van der Waals surface area contributed by atoms with Crippen LogP contribution in [0.5, 0.6) is 0 Å². The largest absolute Gasteiger partial charge is 0.469 e. The Morgan fingerprint density at radius 1 is 1.41 bits per heavy atom. The molecule has 22 heavy (non-hydrogen) atoms. The van der Waals surface area contributed by atoms with Crippen LogP contribution in [0.2, 0.25) is 0 Å². The number of carbonyl (C=O) groups is 1. The SMILES string of the molecule is C[C@H](Cc1ccco1)NC(=O)NCc1ccnc(N(C)C)c1. The molecular formula is C16H22N4O2. The highest BCUT2D eigenvalue weighted by molar-refractivity contribution is 5.74. The molecule has 6 heteroatoms. The number of hydrogen-bond acceptors (Lipinski definition) is 4. The van der Waals surface area contributed by atoms with Crippen molar-refractivity contribution in [3.05, 3.63) is 48.0 Å². The van der Waals surface area contributed by atoms with Gasteiger partial charge in [-0.3, -0.25) is 0 Å². The molecule has 2 heterocycles. The monoisotopic (exact) mass is 302 g/mol. The van der Waals surface area contributed by atoms with E-state index >= 15 is 0 Å². The van der Waals surface area contributed by atoms with Crippen LogP contribution >= 0.6 is 0 Å². The number of amides is 2. The lowest BCUT2D eigenvalue weighted by molar-refractivity contribution is 0.237. The van der Waals surface area contributed by atoms with Crippen LogP contribution in [0.3, 0.4) is 0 Å². The quantitative estimate of drug-likeness (QED) is 0.858. The molecule has 0 aliphatic carbocycles. The van der Waals surface area contributed by atoms with Gasteiger partial charge in [0.1, 0.15) is 11.6 Å². The van der Waals surface area contributed by atoms with Crippen molar-refractivity contribution < 1.29 is 9.21 Å². The van der Waals surface area contributed by atoms with E-state index in [1.165, 1.54) is 0 Å². The summed E-state index contributed by atoms with van der Waals surface area (Å²) in [6, 6.07) is 7.39. The maximum Gasteiger partial charge on any atom is 0.315 e. The van der Waals surface area contributed by atoms with E-state index in [-0.39, 0.29) is 12.1 Å². The van der Waals surface area contributed by atoms with Gasteiger partial charge in [0.05, 0.1) is 6.26 Å². The van der Waals surface area contributed by atoms with Gasteiger partial charge >= 0.3 is 6.03 Å². The van der Waals surface area contributed by atoms with Crippen molar-refractivity contribution in [3.63, 3.8) is 0 Å². The first-order valence-electron chi connectivity index (χ1n) is 7.23. The van der Waals surface area contributed by atoms with Crippen LogP contribution in [0.25, 0.3) is 0 Å². The minimum atomic E-state index is -0.192. The molecule has 0 fully saturated rings. The van der Waals surface area contributed by atoms with E-state index in [1.54, 1.807) is 12.5 Å². The number of rotatable bonds is 6. The third-order valence-electron chi connectivity index (χ3n) is 3.19. The second-order valence-corrected chi connectivity index (χ2v) is 5.43. The zero-order valence-corrected chi connectivity index (χ0v) is 13.2. The van der Waals surface area contributed by atoms with E-state index in [0.29, 0.717) is 13.0 Å². The van der Waals surface area contributed by atoms with Gasteiger partial charge in [-0.25, -0.2) is 9.78 Å². The Balaban J connectivity index is 1.78. The number of nitrogens with zero attached hydrogens (tertiary/aromatic N) is 2. The van der Waals surface area contributed by atoms with Gasteiger partial charge in [-0.15, -0.1) is 0 Å². The number of nitrogens with one attached hydrogen (secondary N) is 2. The highest BCUT2D eigenvalue weighted by Crippen LogP contribution is 2.09. The van der Waals surface area contributed by atoms with Gasteiger partial charge in [0.25, 0.3) is 0 Å². The molecule has 6 nitrogen and oxygen atoms in total. The van der Waals surface area contributed by atoms with Crippen LogP contribution in [-0.4, -0.2) is 31.2 Å². The Morgan fingerprint density at radius 3 is 2.91 bits per heavy atom. The van der Waals surface area contributed by atoms with Gasteiger partial charge in [-0.2, -0.15) is 0 Å². The molecule has 0 aliphatic rings. The molecular weight excluding hydrogens is 280 g/mol. The van der Waals surface area contributed by atoms with Gasteiger partial charge in [0.15, 0.2) is 0 Å². The Hall–Kier alpha value is -2.50. The van der Waals surface area contributed by atoms with Crippen LogP contribution in [0.15, 0.2) is 41.1 Å². The normalized spacial score (nSPS) is 11.8. The van der Waals surface area contributed by atoms with Crippen molar-refractivity contribution in [1.82, 2.24) is 15.6 Å². The summed E-state index contributed by atoms with van der Waals surface area (Å²) in [6.45, 7) is 2.40. The van der Waals surface area contributed by atoms with E-state index in [4.69, 9.17) is 4.42 Å². The number of pyridine rings is 1. The molecule has 0 bridgehead atoms. The first-order chi connectivity index (χ1) is 10.5. The Kier molecular flexibility index (Phi) is 5.41. The molecule has 0 aliphatic heterocycles. The lowest BCUT2D eigenvalue weighted by Gasteiger charge is -2.15. The van der Waals surface area contributed by atoms with E-state index < -0.39 is 0 Å². The summed E-state index contributed by atoms with van der Waals surface area (Å²) in [4.78, 5) is 18.1. The minimum Gasteiger partial charge on any atom is -0.469 e. The molecule has 0 radical (unpaired) electrons. The van der Waals surface area contributed by atoms with E-state index in [9.17, 15) is 4.79 Å². The number of anilines is 1. The summed E-state index contributed by atoms with van der Waals surface area (Å²) in [5.74, 6) is 1.73. The Bertz CT molecular complexity index is 596. The van der Waals surface area contributed by atoms with Crippen LogP contribution < -0.4 is 15.5 Å². The third kappa shape index (κ3) is 4.80. The second kappa shape index (κ2) is 7.49. The molecule has 0 saturated carbocycles. The van der Waals surface area contributed by atoms with Gasteiger partial charge in [-0.05, 0) is 36.8 Å². The van der Waals surface area contributed by atoms with E-state index in [0.717, 1.165) is 17.1 Å². The number of urea groups is 1. The van der Waals surface area contributed by atoms with Crippen LogP contribution in [0, 0.1) is 0 Å². The van der Waals surface area contributed by atoms with Crippen LogP contribution in [0.1, 0.15) is 18.2 Å². The van der Waals surface area contributed by atoms with Crippen molar-refractivity contribution in [2.45, 2.75) is 25.9 Å². The minimum absolute atomic E-state index is 0.000858. The molecule has 0 saturated heterocycles. The highest BCUT2D eigenvalue weighted by atomic mass is 16.3. The molecule has 0 unspecified atom stereocenters. The van der Waals surface area contributed by atoms with Crippen LogP contribution in [-0.2, 0) is 13.0 Å².